The second-order valence-corrected chi connectivity index (χ2v) is 27.8. The summed E-state index contributed by atoms with van der Waals surface area (Å²) < 4.78 is 10.9. The number of Topliss-reactive ketones (excluding diaryl/α,β-unsaturated/α-hetero) is 2. The number of aryl methyl sites for hydroxylation is 1. The number of fused-ring (bicyclic) bond motifs is 6. The third kappa shape index (κ3) is 46.1. The largest absolute Gasteiger partial charge is 0.464 e. The first-order chi connectivity index (χ1) is 55.6. The van der Waals surface area contributed by atoms with Crippen molar-refractivity contribution < 1.29 is 38.4 Å². The SMILES string of the molecule is CCC(N)C(=O)OCC1c2ccccc2-c2ccccc21.CCCCC.CCCCC(=O)C(C)c1ccc(NC(=O)Nc2ccccc2C)cc1.CCCCC(=O)C(C)c1ccc([N+](=O)[O-])cc1.CCCCCN.CCCCN.CCCCN.CCCCNC(=O)OCC1c2ccccc2-c2ccccc21.CCCN.CCN.CN.[B]. The lowest BCUT2D eigenvalue weighted by Crippen LogP contribution is -2.32. The lowest BCUT2D eigenvalue weighted by Gasteiger charge is -2.15. The third-order valence-corrected chi connectivity index (χ3v) is 18.3. The van der Waals surface area contributed by atoms with Crippen molar-refractivity contribution in [2.45, 2.75) is 255 Å². The number of nitrogens with one attached hydrogen (secondary N) is 3. The van der Waals surface area contributed by atoms with Crippen LogP contribution in [0.25, 0.3) is 22.3 Å². The molecule has 116 heavy (non-hydrogen) atoms. The number of anilines is 2. The van der Waals surface area contributed by atoms with Crippen molar-refractivity contribution in [3.05, 3.63) is 219 Å². The zero-order valence-electron chi connectivity index (χ0n) is 73.6. The van der Waals surface area contributed by atoms with Gasteiger partial charge < -0.3 is 65.6 Å². The number of rotatable bonds is 32. The number of nitro benzene ring substituents is 1. The van der Waals surface area contributed by atoms with Crippen LogP contribution in [0.15, 0.2) is 170 Å². The Hall–Kier alpha value is -8.93. The summed E-state index contributed by atoms with van der Waals surface area (Å²) in [4.78, 5) is 69.6. The molecule has 2 aliphatic rings. The molecule has 0 saturated carbocycles. The molecule has 0 bridgehead atoms. The molecule has 3 unspecified atom stereocenters. The second kappa shape index (κ2) is 72.5. The minimum Gasteiger partial charge on any atom is -0.464 e. The van der Waals surface area contributed by atoms with Crippen LogP contribution in [0.3, 0.4) is 0 Å². The van der Waals surface area contributed by atoms with Crippen LogP contribution >= 0.6 is 0 Å². The van der Waals surface area contributed by atoms with Crippen LogP contribution in [0.1, 0.15) is 281 Å². The van der Waals surface area contributed by atoms with Crippen molar-refractivity contribution in [1.82, 2.24) is 5.32 Å². The van der Waals surface area contributed by atoms with Crippen molar-refractivity contribution in [3.63, 3.8) is 0 Å². The number of benzene rings is 7. The lowest BCUT2D eigenvalue weighted by atomic mass is 9.93. The summed E-state index contributed by atoms with van der Waals surface area (Å²) in [7, 11) is 1.50. The standard InChI is InChI=1S/C21H26N2O2.C19H21NO2.C18H19NO2.C13H17NO3.C5H13N.C5H12.2C4H11N.C3H9N.C2H7N.CH5N.B/c1-4-5-10-20(24)16(3)17-11-13-18(14-12-17)22-21(25)23-19-9-7-6-8-15(19)2;1-2-3-12-20-19(21)22-13-18-16-10-6-4-8-14(16)15-9-5-7-11-17(15)18;1-2-17(19)18(20)21-11-16-14-9-5-3-7-12(14)13-8-4-6-10-15(13)16;1-3-4-5-13(15)10(2)11-6-8-12(9-7-11)14(16)17;1-2-3-4-5-6;1-3-5-4-2;2*1-2-3-4-5;1-2-3-4;1-2-3;1-2;/h6-9,11-14,16H,4-5,10H2,1-3H3,(H2,22,23,25);4-11,18H,2-3,12-13H2,1H3,(H,20,21);3-10,16-17H,2,11,19H2,1H3;6-10H,3-5H2,1-2H3;2-6H2,1H3;3-5H2,1-2H3;2*2-5H2,1H3;2-4H2,1H3;2-3H2,1H3;2H2,1H3;. The number of nitrogens with two attached hydrogens (primary N) is 7. The number of ketones is 2. The number of urea groups is 1. The number of unbranched alkanes of at least 4 members (excludes halogenated alkanes) is 9. The van der Waals surface area contributed by atoms with Gasteiger partial charge in [-0.05, 0) is 177 Å². The van der Waals surface area contributed by atoms with Gasteiger partial charge in [0.25, 0.3) is 5.69 Å². The number of amides is 3. The number of ether oxygens (including phenoxy) is 2. The Labute approximate surface area is 701 Å². The normalized spacial score (nSPS) is 11.3. The van der Waals surface area contributed by atoms with E-state index in [-0.39, 0.29) is 67.4 Å². The Morgan fingerprint density at radius 2 is 0.793 bits per heavy atom. The Bertz CT molecular complexity index is 3540. The van der Waals surface area contributed by atoms with Crippen molar-refractivity contribution >= 4 is 55.1 Å². The predicted molar refractivity (Wildman–Crippen MR) is 492 cm³/mol. The molecule has 17 N–H and O–H groups in total. The van der Waals surface area contributed by atoms with E-state index >= 15 is 0 Å². The summed E-state index contributed by atoms with van der Waals surface area (Å²) in [5.74, 6) is 0.0819. The minimum absolute atomic E-state index is 0. The maximum Gasteiger partial charge on any atom is 0.407 e. The van der Waals surface area contributed by atoms with Gasteiger partial charge in [0.2, 0.25) is 0 Å². The van der Waals surface area contributed by atoms with Crippen LogP contribution in [0, 0.1) is 17.0 Å². The predicted octanol–water partition coefficient (Wildman–Crippen LogP) is 20.7. The third-order valence-electron chi connectivity index (χ3n) is 18.3. The summed E-state index contributed by atoms with van der Waals surface area (Å²) in [6.45, 7) is 34.2. The van der Waals surface area contributed by atoms with E-state index in [0.29, 0.717) is 44.7 Å². The van der Waals surface area contributed by atoms with E-state index in [1.807, 2.05) is 126 Å². The molecule has 7 aromatic rings. The van der Waals surface area contributed by atoms with Crippen LogP contribution in [0.4, 0.5) is 26.7 Å². The fourth-order valence-electron chi connectivity index (χ4n) is 11.3. The smallest absolute Gasteiger partial charge is 0.407 e. The molecular formula is C95H151BN11O9. The summed E-state index contributed by atoms with van der Waals surface area (Å²) in [5.41, 5.74) is 49.8. The number of hydrogen-bond acceptors (Lipinski definition) is 16. The molecule has 3 atom stereocenters. The van der Waals surface area contributed by atoms with Crippen LogP contribution in [0.2, 0.25) is 0 Å². The number of carbonyl (C=O) groups is 5. The highest BCUT2D eigenvalue weighted by molar-refractivity contribution is 6.00. The Morgan fingerprint density at radius 3 is 1.11 bits per heavy atom. The first-order valence-corrected chi connectivity index (χ1v) is 42.4. The van der Waals surface area contributed by atoms with Gasteiger partial charge >= 0.3 is 18.1 Å². The van der Waals surface area contributed by atoms with Crippen LogP contribution in [0.5, 0.6) is 0 Å². The summed E-state index contributed by atoms with van der Waals surface area (Å²) in [5, 5.41) is 18.9. The number of hydrogen-bond donors (Lipinski definition) is 10. The maximum atomic E-state index is 12.1. The van der Waals surface area contributed by atoms with Gasteiger partial charge in [0.05, 0.1) is 4.92 Å². The average molecular weight is 1600 g/mol. The zero-order chi connectivity index (χ0) is 86.6. The first-order valence-electron chi connectivity index (χ1n) is 42.4. The average Bonchev–Trinajstić information content (AvgIpc) is 1.62. The van der Waals surface area contributed by atoms with Gasteiger partial charge in [-0.15, -0.1) is 0 Å². The van der Waals surface area contributed by atoms with E-state index in [9.17, 15) is 34.1 Å². The van der Waals surface area contributed by atoms with Crippen molar-refractivity contribution in [2.24, 2.45) is 40.1 Å². The highest BCUT2D eigenvalue weighted by Crippen LogP contribution is 2.46. The molecule has 0 heterocycles. The quantitative estimate of drug-likeness (QED) is 0.00616. The number of esters is 1. The minimum atomic E-state index is -0.531. The van der Waals surface area contributed by atoms with Gasteiger partial charge in [0.15, 0.2) is 0 Å². The van der Waals surface area contributed by atoms with Gasteiger partial charge in [-0.2, -0.15) is 0 Å². The van der Waals surface area contributed by atoms with Crippen LogP contribution < -0.4 is 56.1 Å². The number of non-ortho nitro benzene ring substituents is 1. The molecule has 2 aliphatic carbocycles. The molecule has 0 fully saturated rings. The van der Waals surface area contributed by atoms with E-state index in [1.54, 1.807) is 12.1 Å². The Balaban J connectivity index is -0.00000131. The molecule has 0 aliphatic heterocycles. The van der Waals surface area contributed by atoms with Gasteiger partial charge in [0.1, 0.15) is 30.8 Å². The molecule has 7 aromatic carbocycles. The maximum absolute atomic E-state index is 12.1. The van der Waals surface area contributed by atoms with E-state index in [4.69, 9.17) is 43.9 Å². The monoisotopic (exact) mass is 1600 g/mol. The van der Waals surface area contributed by atoms with Gasteiger partial charge in [0, 0.05) is 75.0 Å². The van der Waals surface area contributed by atoms with Gasteiger partial charge in [-0.3, -0.25) is 24.5 Å². The van der Waals surface area contributed by atoms with Crippen LogP contribution in [-0.2, 0) is 23.9 Å². The second-order valence-electron chi connectivity index (χ2n) is 27.8. The molecule has 20 nitrogen and oxygen atoms in total. The number of alkyl carbamates (subject to hydrolysis) is 1. The Kier molecular flexibility index (Phi) is 69.5. The van der Waals surface area contributed by atoms with E-state index in [0.717, 1.165) is 100 Å². The lowest BCUT2D eigenvalue weighted by molar-refractivity contribution is -0.384. The van der Waals surface area contributed by atoms with Gasteiger partial charge in [-0.25, -0.2) is 9.59 Å². The molecule has 643 valence electrons. The van der Waals surface area contributed by atoms with Crippen molar-refractivity contribution in [2.75, 3.05) is 70.2 Å². The topological polar surface area (TPSA) is 365 Å². The summed E-state index contributed by atoms with van der Waals surface area (Å²) >= 11 is 0. The number of carbonyl (C=O) groups excluding carboxylic acids is 5. The highest BCUT2D eigenvalue weighted by Gasteiger charge is 2.31. The fourth-order valence-corrected chi connectivity index (χ4v) is 11.3. The molecule has 0 spiro atoms. The van der Waals surface area contributed by atoms with Crippen molar-refractivity contribution in [1.29, 1.82) is 0 Å². The number of para-hydroxylation sites is 1. The number of nitro groups is 1. The van der Waals surface area contributed by atoms with E-state index in [1.165, 1.54) is 128 Å². The molecule has 21 heteroatoms. The molecule has 0 aromatic heterocycles. The number of nitrogens with zero attached hydrogens (tertiary/aromatic N) is 1. The Morgan fingerprint density at radius 1 is 0.440 bits per heavy atom. The first kappa shape index (κ1) is 111. The summed E-state index contributed by atoms with van der Waals surface area (Å²) in [6.07, 6.45) is 21.1. The molecular weight excluding hydrogens is 1450 g/mol. The summed E-state index contributed by atoms with van der Waals surface area (Å²) in [6, 6.07) is 53.8. The fraction of sp³-hybridized carbons (Fsp3) is 0.505. The van der Waals surface area contributed by atoms with Crippen LogP contribution in [-0.4, -0.2) is 109 Å². The molecule has 3 amide bonds. The van der Waals surface area contributed by atoms with Gasteiger partial charge in [-0.1, -0.05) is 294 Å². The zero-order valence-corrected chi connectivity index (χ0v) is 73.6. The van der Waals surface area contributed by atoms with Crippen molar-refractivity contribution in [3.8, 4) is 22.3 Å². The molecule has 3 radical (unpaired) electrons. The molecule has 9 rings (SSSR count). The molecule has 0 saturated heterocycles. The van der Waals surface area contributed by atoms with E-state index in [2.05, 4.69) is 138 Å². The van der Waals surface area contributed by atoms with E-state index < -0.39 is 11.0 Å². The highest BCUT2D eigenvalue weighted by atomic mass is 16.6.